The van der Waals surface area contributed by atoms with Crippen LogP contribution in [-0.4, -0.2) is 18.7 Å². The van der Waals surface area contributed by atoms with Crippen LogP contribution in [0.25, 0.3) is 0 Å². The van der Waals surface area contributed by atoms with Gasteiger partial charge < -0.3 is 10.1 Å². The maximum atomic E-state index is 6.52. The molecule has 0 radical (unpaired) electrons. The van der Waals surface area contributed by atoms with E-state index < -0.39 is 0 Å². The lowest BCUT2D eigenvalue weighted by Crippen LogP contribution is -2.47. The molecule has 0 aromatic heterocycles. The van der Waals surface area contributed by atoms with Crippen LogP contribution in [0.15, 0.2) is 114 Å². The van der Waals surface area contributed by atoms with Crippen molar-refractivity contribution >= 4 is 0 Å². The number of hydrogen-bond acceptors (Lipinski definition) is 2. The zero-order valence-electron chi connectivity index (χ0n) is 21.2. The molecule has 0 saturated heterocycles. The van der Waals surface area contributed by atoms with Crippen molar-refractivity contribution in [2.75, 3.05) is 6.61 Å². The summed E-state index contributed by atoms with van der Waals surface area (Å²) in [5.41, 5.74) is 5.60. The van der Waals surface area contributed by atoms with Crippen LogP contribution in [0.1, 0.15) is 45.1 Å². The number of nitrogens with one attached hydrogen (secondary N) is 1. The second kappa shape index (κ2) is 11.3. The Morgan fingerprint density at radius 2 is 1.83 bits per heavy atom. The van der Waals surface area contributed by atoms with Crippen molar-refractivity contribution < 1.29 is 4.74 Å². The fourth-order valence-corrected chi connectivity index (χ4v) is 5.73. The van der Waals surface area contributed by atoms with Crippen molar-refractivity contribution in [1.29, 1.82) is 0 Å². The summed E-state index contributed by atoms with van der Waals surface area (Å²) in [7, 11) is 0. The average Bonchev–Trinajstić information content (AvgIpc) is 2.90. The lowest BCUT2D eigenvalue weighted by molar-refractivity contribution is 0.240. The van der Waals surface area contributed by atoms with E-state index in [-0.39, 0.29) is 0 Å². The van der Waals surface area contributed by atoms with Crippen molar-refractivity contribution in [3.05, 3.63) is 119 Å². The fraction of sp³-hybridized carbons (Fsp3) is 0.394. The Kier molecular flexibility index (Phi) is 7.69. The van der Waals surface area contributed by atoms with Gasteiger partial charge in [-0.1, -0.05) is 97.5 Å². The molecule has 2 nitrogen and oxygen atoms in total. The second-order valence-corrected chi connectivity index (χ2v) is 10.6. The van der Waals surface area contributed by atoms with Gasteiger partial charge in [0.2, 0.25) is 0 Å². The Bertz CT molecular complexity index is 1100. The molecule has 1 heterocycles. The first kappa shape index (κ1) is 23.9. The number of hydrogen-bond donors (Lipinski definition) is 1. The van der Waals surface area contributed by atoms with Gasteiger partial charge in [-0.2, -0.15) is 0 Å². The highest BCUT2D eigenvalue weighted by molar-refractivity contribution is 5.35. The molecule has 1 aromatic carbocycles. The Labute approximate surface area is 211 Å². The van der Waals surface area contributed by atoms with E-state index >= 15 is 0 Å². The molecule has 0 amide bonds. The zero-order chi connectivity index (χ0) is 24.0. The molecule has 4 aliphatic rings. The minimum atomic E-state index is 0.317. The molecule has 3 aliphatic carbocycles. The minimum Gasteiger partial charge on any atom is -0.489 e. The molecule has 1 aromatic rings. The molecular weight excluding hydrogens is 426 g/mol. The maximum absolute atomic E-state index is 6.52. The van der Waals surface area contributed by atoms with Gasteiger partial charge in [-0.05, 0) is 79.6 Å². The first-order valence-corrected chi connectivity index (χ1v) is 13.4. The van der Waals surface area contributed by atoms with Crippen molar-refractivity contribution in [3.8, 4) is 0 Å². The predicted octanol–water partition coefficient (Wildman–Crippen LogP) is 7.41. The highest BCUT2D eigenvalue weighted by Gasteiger charge is 2.32. The topological polar surface area (TPSA) is 21.3 Å². The molecule has 0 fully saturated rings. The van der Waals surface area contributed by atoms with Gasteiger partial charge in [0.15, 0.2) is 0 Å². The first-order valence-electron chi connectivity index (χ1n) is 13.4. The molecule has 5 rings (SSSR count). The quantitative estimate of drug-likeness (QED) is 0.423. The molecule has 2 heteroatoms. The van der Waals surface area contributed by atoms with E-state index in [0.717, 1.165) is 37.9 Å². The molecule has 1 aliphatic heterocycles. The van der Waals surface area contributed by atoms with Crippen LogP contribution < -0.4 is 5.32 Å². The van der Waals surface area contributed by atoms with Gasteiger partial charge in [-0.25, -0.2) is 0 Å². The molecule has 5 unspecified atom stereocenters. The highest BCUT2D eigenvalue weighted by atomic mass is 16.5. The van der Waals surface area contributed by atoms with E-state index in [1.54, 1.807) is 0 Å². The minimum absolute atomic E-state index is 0.317. The third-order valence-corrected chi connectivity index (χ3v) is 7.85. The molecule has 0 saturated carbocycles. The lowest BCUT2D eigenvalue weighted by atomic mass is 9.80. The summed E-state index contributed by atoms with van der Waals surface area (Å²) in [5.74, 6) is 2.72. The van der Waals surface area contributed by atoms with E-state index in [9.17, 15) is 0 Å². The lowest BCUT2D eigenvalue weighted by Gasteiger charge is -2.38. The fourth-order valence-electron chi connectivity index (χ4n) is 5.73. The van der Waals surface area contributed by atoms with E-state index in [4.69, 9.17) is 4.74 Å². The van der Waals surface area contributed by atoms with Crippen LogP contribution in [0.3, 0.4) is 0 Å². The normalized spacial score (nSPS) is 30.3. The number of benzene rings is 1. The van der Waals surface area contributed by atoms with Gasteiger partial charge in [0.25, 0.3) is 0 Å². The molecule has 0 bridgehead atoms. The second-order valence-electron chi connectivity index (χ2n) is 10.6. The number of ether oxygens (including phenoxy) is 1. The summed E-state index contributed by atoms with van der Waals surface area (Å²) in [6.45, 7) is 5.20. The highest BCUT2D eigenvalue weighted by Crippen LogP contribution is 2.34. The Hall–Kier alpha value is -2.84. The van der Waals surface area contributed by atoms with Crippen LogP contribution in [0, 0.1) is 17.8 Å². The Morgan fingerprint density at radius 1 is 0.943 bits per heavy atom. The van der Waals surface area contributed by atoms with Gasteiger partial charge in [-0.3, -0.25) is 0 Å². The van der Waals surface area contributed by atoms with Crippen molar-refractivity contribution in [3.63, 3.8) is 0 Å². The van der Waals surface area contributed by atoms with E-state index in [1.807, 2.05) is 0 Å². The SMILES string of the molecule is CC1=CCC(C2=C(OCC3=CCC(C)C=C3)C=CC(Cc3ccccc3)C2)NC1C1C=CC=CC1. The molecule has 1 N–H and O–H groups in total. The van der Waals surface area contributed by atoms with Crippen LogP contribution >= 0.6 is 0 Å². The molecule has 182 valence electrons. The smallest absolute Gasteiger partial charge is 0.120 e. The van der Waals surface area contributed by atoms with Crippen LogP contribution in [0.4, 0.5) is 0 Å². The summed E-state index contributed by atoms with van der Waals surface area (Å²) in [5, 5.41) is 4.05. The van der Waals surface area contributed by atoms with Gasteiger partial charge in [-0.15, -0.1) is 0 Å². The van der Waals surface area contributed by atoms with Crippen molar-refractivity contribution in [2.45, 2.75) is 58.0 Å². The summed E-state index contributed by atoms with van der Waals surface area (Å²) in [6, 6.07) is 11.6. The maximum Gasteiger partial charge on any atom is 0.120 e. The first-order chi connectivity index (χ1) is 17.2. The van der Waals surface area contributed by atoms with Crippen LogP contribution in [0.2, 0.25) is 0 Å². The monoisotopic (exact) mass is 465 g/mol. The summed E-state index contributed by atoms with van der Waals surface area (Å²) in [4.78, 5) is 0. The largest absolute Gasteiger partial charge is 0.489 e. The summed E-state index contributed by atoms with van der Waals surface area (Å²) in [6.07, 6.45) is 28.3. The van der Waals surface area contributed by atoms with Gasteiger partial charge >= 0.3 is 0 Å². The molecule has 0 spiro atoms. The van der Waals surface area contributed by atoms with Gasteiger partial charge in [0.05, 0.1) is 0 Å². The third kappa shape index (κ3) is 6.05. The van der Waals surface area contributed by atoms with E-state index in [1.165, 1.54) is 22.3 Å². The summed E-state index contributed by atoms with van der Waals surface area (Å²) >= 11 is 0. The Balaban J connectivity index is 1.35. The van der Waals surface area contributed by atoms with Crippen LogP contribution in [-0.2, 0) is 11.2 Å². The number of allylic oxidation sites excluding steroid dienone is 7. The van der Waals surface area contributed by atoms with Crippen molar-refractivity contribution in [1.82, 2.24) is 5.32 Å². The third-order valence-electron chi connectivity index (χ3n) is 7.85. The molecular formula is C33H39NO. The van der Waals surface area contributed by atoms with Crippen molar-refractivity contribution in [2.24, 2.45) is 17.8 Å². The van der Waals surface area contributed by atoms with E-state index in [2.05, 4.69) is 110 Å². The predicted molar refractivity (Wildman–Crippen MR) is 147 cm³/mol. The molecule has 5 atom stereocenters. The summed E-state index contributed by atoms with van der Waals surface area (Å²) < 4.78 is 6.52. The van der Waals surface area contributed by atoms with Gasteiger partial charge in [0, 0.05) is 12.1 Å². The van der Waals surface area contributed by atoms with E-state index in [0.29, 0.717) is 36.4 Å². The standard InChI is InChI=1S/C33H39NO/c1-24-13-16-27(17-14-24)23-35-32-20-18-28(21-26-9-5-3-6-10-26)22-30(32)31-19-15-25(2)33(34-31)29-11-7-4-8-12-29/h3-11,13,15-18,20,24,28-29,31,33-34H,12,14,19,21-23H2,1-2H3. The zero-order valence-corrected chi connectivity index (χ0v) is 21.2. The van der Waals surface area contributed by atoms with Crippen LogP contribution in [0.5, 0.6) is 0 Å². The molecule has 35 heavy (non-hydrogen) atoms. The number of rotatable bonds is 7. The Morgan fingerprint density at radius 3 is 2.60 bits per heavy atom. The van der Waals surface area contributed by atoms with Gasteiger partial charge in [0.1, 0.15) is 12.4 Å². The average molecular weight is 466 g/mol.